The molecule has 4 rings (SSSR count). The third kappa shape index (κ3) is 6.46. The van der Waals surface area contributed by atoms with Crippen molar-refractivity contribution in [2.45, 2.75) is 33.1 Å². The Morgan fingerprint density at radius 3 is 2.30 bits per heavy atom. The molecule has 0 radical (unpaired) electrons. The highest BCUT2D eigenvalue weighted by Crippen LogP contribution is 2.37. The lowest BCUT2D eigenvalue weighted by molar-refractivity contribution is -0.122. The molecule has 8 nitrogen and oxygen atoms in total. The van der Waals surface area contributed by atoms with Crippen molar-refractivity contribution in [1.29, 1.82) is 0 Å². The summed E-state index contributed by atoms with van der Waals surface area (Å²) in [5.41, 5.74) is 2.77. The maximum atomic E-state index is 13.2. The number of carbonyl (C=O) groups excluding carboxylic acids is 3. The third-order valence-corrected chi connectivity index (χ3v) is 6.90. The molecule has 0 saturated carbocycles. The van der Waals surface area contributed by atoms with Gasteiger partial charge in [0.05, 0.1) is 17.8 Å². The Kier molecular flexibility index (Phi) is 9.11. The number of halogens is 1. The number of anilines is 1. The molecule has 0 aliphatic carbocycles. The fraction of sp³-hybridized carbons (Fsp3) is 0.258. The minimum Gasteiger partial charge on any atom is -0.493 e. The van der Waals surface area contributed by atoms with Crippen LogP contribution in [-0.4, -0.2) is 38.2 Å². The van der Waals surface area contributed by atoms with Gasteiger partial charge in [0.25, 0.3) is 11.8 Å². The lowest BCUT2D eigenvalue weighted by Crippen LogP contribution is -2.54. The van der Waals surface area contributed by atoms with Gasteiger partial charge in [0, 0.05) is 0 Å². The number of benzene rings is 3. The monoisotopic (exact) mass is 562 g/mol. The van der Waals surface area contributed by atoms with E-state index >= 15 is 0 Å². The molecule has 1 fully saturated rings. The number of imide groups is 2. The van der Waals surface area contributed by atoms with Crippen molar-refractivity contribution < 1.29 is 28.6 Å². The van der Waals surface area contributed by atoms with E-state index < -0.39 is 17.8 Å². The number of urea groups is 1. The van der Waals surface area contributed by atoms with Crippen molar-refractivity contribution in [3.63, 3.8) is 0 Å². The molecule has 4 amide bonds. The quantitative estimate of drug-likeness (QED) is 0.177. The summed E-state index contributed by atoms with van der Waals surface area (Å²) < 4.78 is 17.1. The lowest BCUT2D eigenvalue weighted by atomic mass is 9.99. The number of hydrogen-bond acceptors (Lipinski definition) is 6. The first-order chi connectivity index (χ1) is 19.2. The van der Waals surface area contributed by atoms with E-state index in [-0.39, 0.29) is 23.8 Å². The van der Waals surface area contributed by atoms with Gasteiger partial charge in [0.2, 0.25) is 0 Å². The Labute approximate surface area is 238 Å². The Hall–Kier alpha value is -4.30. The highest BCUT2D eigenvalue weighted by Gasteiger charge is 2.36. The minimum absolute atomic E-state index is 0.206. The zero-order valence-electron chi connectivity index (χ0n) is 22.8. The SMILES string of the molecule is CCC(C)c1ccc(OCCOc2c(Cl)cc(/C=C3/C(=O)NC(=O)N(c4ccc(C)cc4)C3=O)cc2OC)cc1. The van der Waals surface area contributed by atoms with Gasteiger partial charge in [-0.15, -0.1) is 0 Å². The van der Waals surface area contributed by atoms with Crippen LogP contribution in [0, 0.1) is 6.92 Å². The van der Waals surface area contributed by atoms with Gasteiger partial charge >= 0.3 is 6.03 Å². The largest absolute Gasteiger partial charge is 0.493 e. The van der Waals surface area contributed by atoms with Gasteiger partial charge in [-0.2, -0.15) is 0 Å². The van der Waals surface area contributed by atoms with Crippen molar-refractivity contribution in [3.8, 4) is 17.2 Å². The number of nitrogens with zero attached hydrogens (tertiary/aromatic N) is 1. The Morgan fingerprint density at radius 2 is 1.65 bits per heavy atom. The Morgan fingerprint density at radius 1 is 0.975 bits per heavy atom. The molecular weight excluding hydrogens is 532 g/mol. The van der Waals surface area contributed by atoms with Gasteiger partial charge < -0.3 is 14.2 Å². The van der Waals surface area contributed by atoms with Gasteiger partial charge in [0.1, 0.15) is 24.5 Å². The number of carbonyl (C=O) groups is 3. The number of ether oxygens (including phenoxy) is 3. The van der Waals surface area contributed by atoms with Crippen LogP contribution in [0.3, 0.4) is 0 Å². The summed E-state index contributed by atoms with van der Waals surface area (Å²) >= 11 is 6.50. The number of aryl methyl sites for hydroxylation is 1. The number of rotatable bonds is 10. The molecule has 208 valence electrons. The van der Waals surface area contributed by atoms with Crippen LogP contribution < -0.4 is 24.4 Å². The van der Waals surface area contributed by atoms with E-state index in [1.807, 2.05) is 19.1 Å². The summed E-state index contributed by atoms with van der Waals surface area (Å²) in [6, 6.07) is 17.1. The van der Waals surface area contributed by atoms with E-state index in [1.165, 1.54) is 18.7 Å². The second-order valence-electron chi connectivity index (χ2n) is 9.40. The molecule has 0 spiro atoms. The molecule has 40 heavy (non-hydrogen) atoms. The van der Waals surface area contributed by atoms with E-state index in [2.05, 4.69) is 31.3 Å². The number of amides is 4. The number of methoxy groups -OCH3 is 1. The topological polar surface area (TPSA) is 94.2 Å². The zero-order valence-corrected chi connectivity index (χ0v) is 23.6. The second kappa shape index (κ2) is 12.7. The van der Waals surface area contributed by atoms with Crippen molar-refractivity contribution in [2.24, 2.45) is 0 Å². The Bertz CT molecular complexity index is 1430. The van der Waals surface area contributed by atoms with Crippen LogP contribution >= 0.6 is 11.6 Å². The molecular formula is C31H31ClN2O6. The number of barbiturate groups is 1. The molecule has 0 aromatic heterocycles. The predicted molar refractivity (Wildman–Crippen MR) is 154 cm³/mol. The number of nitrogens with one attached hydrogen (secondary N) is 1. The van der Waals surface area contributed by atoms with E-state index in [4.69, 9.17) is 25.8 Å². The average molecular weight is 563 g/mol. The van der Waals surface area contributed by atoms with E-state index in [1.54, 1.807) is 36.4 Å². The molecule has 9 heteroatoms. The van der Waals surface area contributed by atoms with Crippen LogP contribution in [0.4, 0.5) is 10.5 Å². The summed E-state index contributed by atoms with van der Waals surface area (Å²) in [5, 5.41) is 2.43. The lowest BCUT2D eigenvalue weighted by Gasteiger charge is -2.26. The summed E-state index contributed by atoms with van der Waals surface area (Å²) in [7, 11) is 1.46. The van der Waals surface area contributed by atoms with Crippen molar-refractivity contribution in [1.82, 2.24) is 5.32 Å². The highest BCUT2D eigenvalue weighted by atomic mass is 35.5. The van der Waals surface area contributed by atoms with Gasteiger partial charge in [-0.05, 0) is 72.9 Å². The molecule has 1 heterocycles. The normalized spacial score (nSPS) is 15.2. The first-order valence-electron chi connectivity index (χ1n) is 12.9. The van der Waals surface area contributed by atoms with Crippen LogP contribution in [0.15, 0.2) is 66.2 Å². The molecule has 1 atom stereocenters. The van der Waals surface area contributed by atoms with Gasteiger partial charge in [-0.25, -0.2) is 9.69 Å². The van der Waals surface area contributed by atoms with Crippen LogP contribution in [0.2, 0.25) is 5.02 Å². The molecule has 1 N–H and O–H groups in total. The van der Waals surface area contributed by atoms with E-state index in [9.17, 15) is 14.4 Å². The molecule has 1 unspecified atom stereocenters. The smallest absolute Gasteiger partial charge is 0.335 e. The van der Waals surface area contributed by atoms with Crippen molar-refractivity contribution >= 4 is 41.2 Å². The van der Waals surface area contributed by atoms with Crippen LogP contribution in [-0.2, 0) is 9.59 Å². The Balaban J connectivity index is 1.47. The van der Waals surface area contributed by atoms with Crippen molar-refractivity contribution in [3.05, 3.63) is 87.9 Å². The highest BCUT2D eigenvalue weighted by molar-refractivity contribution is 6.39. The summed E-state index contributed by atoms with van der Waals surface area (Å²) in [6.45, 7) is 6.72. The molecule has 0 bridgehead atoms. The first kappa shape index (κ1) is 28.7. The molecule has 1 aliphatic rings. The second-order valence-corrected chi connectivity index (χ2v) is 9.81. The average Bonchev–Trinajstić information content (AvgIpc) is 2.94. The van der Waals surface area contributed by atoms with E-state index in [0.717, 1.165) is 22.6 Å². The fourth-order valence-corrected chi connectivity index (χ4v) is 4.42. The van der Waals surface area contributed by atoms with Gasteiger partial charge in [0.15, 0.2) is 11.5 Å². The summed E-state index contributed by atoms with van der Waals surface area (Å²) in [6.07, 6.45) is 2.43. The van der Waals surface area contributed by atoms with Gasteiger partial charge in [-0.1, -0.05) is 55.3 Å². The zero-order chi connectivity index (χ0) is 28.8. The standard InChI is InChI=1S/C31H31ClN2O6/c1-5-20(3)22-8-12-24(13-9-22)39-14-15-40-28-26(32)17-21(18-27(28)38-4)16-25-29(35)33-31(37)34(30(25)36)23-10-6-19(2)7-11-23/h6-13,16-18,20H,5,14-15H2,1-4H3,(H,33,35,37)/b25-16-. The molecule has 3 aromatic carbocycles. The summed E-state index contributed by atoms with van der Waals surface area (Å²) in [4.78, 5) is 39.1. The van der Waals surface area contributed by atoms with Crippen molar-refractivity contribution in [2.75, 3.05) is 25.2 Å². The van der Waals surface area contributed by atoms with Crippen LogP contribution in [0.25, 0.3) is 6.08 Å². The van der Waals surface area contributed by atoms with Crippen LogP contribution in [0.1, 0.15) is 42.9 Å². The van der Waals surface area contributed by atoms with Crippen LogP contribution in [0.5, 0.6) is 17.2 Å². The summed E-state index contributed by atoms with van der Waals surface area (Å²) in [5.74, 6) is 0.297. The first-order valence-corrected chi connectivity index (χ1v) is 13.3. The molecule has 1 saturated heterocycles. The van der Waals surface area contributed by atoms with Gasteiger partial charge in [-0.3, -0.25) is 14.9 Å². The third-order valence-electron chi connectivity index (χ3n) is 6.62. The molecule has 1 aliphatic heterocycles. The predicted octanol–water partition coefficient (Wildman–Crippen LogP) is 6.29. The molecule has 3 aromatic rings. The maximum absolute atomic E-state index is 13.2. The minimum atomic E-state index is -0.816. The fourth-order valence-electron chi connectivity index (χ4n) is 4.15. The maximum Gasteiger partial charge on any atom is 0.335 e. The number of hydrogen-bond donors (Lipinski definition) is 1. The van der Waals surface area contributed by atoms with E-state index in [0.29, 0.717) is 28.7 Å².